The third-order valence-electron chi connectivity index (χ3n) is 2.50. The van der Waals surface area contributed by atoms with Crippen molar-refractivity contribution in [3.63, 3.8) is 0 Å². The van der Waals surface area contributed by atoms with Gasteiger partial charge in [-0.05, 0) is 18.6 Å². The molecule has 0 bridgehead atoms. The topological polar surface area (TPSA) is 55.0 Å². The summed E-state index contributed by atoms with van der Waals surface area (Å²) < 4.78 is 4.83. The van der Waals surface area contributed by atoms with Gasteiger partial charge in [0.1, 0.15) is 6.10 Å². The van der Waals surface area contributed by atoms with E-state index in [-0.39, 0.29) is 6.10 Å². The fourth-order valence-corrected chi connectivity index (χ4v) is 1.67. The Bertz CT molecular complexity index is 479. The number of benzene rings is 1. The lowest BCUT2D eigenvalue weighted by atomic mass is 10.1. The molecule has 1 aromatic carbocycles. The van der Waals surface area contributed by atoms with Crippen LogP contribution in [0.25, 0.3) is 11.3 Å². The molecule has 0 saturated carbocycles. The van der Waals surface area contributed by atoms with E-state index in [0.29, 0.717) is 12.9 Å². The summed E-state index contributed by atoms with van der Waals surface area (Å²) in [4.78, 5) is 10.2. The van der Waals surface area contributed by atoms with Gasteiger partial charge in [-0.25, -0.2) is 0 Å². The van der Waals surface area contributed by atoms with Crippen molar-refractivity contribution in [3.8, 4) is 11.3 Å². The number of ether oxygens (including phenoxy) is 1. The van der Waals surface area contributed by atoms with Crippen molar-refractivity contribution in [2.24, 2.45) is 0 Å². The highest BCUT2D eigenvalue weighted by Crippen LogP contribution is 2.17. The number of nitrogens with zero attached hydrogens (tertiary/aromatic N) is 1. The summed E-state index contributed by atoms with van der Waals surface area (Å²) in [5.74, 6) is 0. The summed E-state index contributed by atoms with van der Waals surface area (Å²) in [6.07, 6.45) is 0.460. The molecule has 4 nitrogen and oxygen atoms in total. The number of H-pyrrole nitrogens is 1. The Labute approximate surface area is 99.6 Å². The fourth-order valence-electron chi connectivity index (χ4n) is 1.67. The first-order valence-electron chi connectivity index (χ1n) is 5.48. The zero-order chi connectivity index (χ0) is 12.1. The van der Waals surface area contributed by atoms with Crippen LogP contribution in [0.15, 0.2) is 36.4 Å². The van der Waals surface area contributed by atoms with Gasteiger partial charge in [-0.3, -0.25) is 9.89 Å². The minimum Gasteiger partial charge on any atom is -0.464 e. The van der Waals surface area contributed by atoms with Gasteiger partial charge >= 0.3 is 0 Å². The van der Waals surface area contributed by atoms with Crippen LogP contribution >= 0.6 is 0 Å². The van der Waals surface area contributed by atoms with E-state index >= 15 is 0 Å². The van der Waals surface area contributed by atoms with Gasteiger partial charge in [-0.1, -0.05) is 30.3 Å². The van der Waals surface area contributed by atoms with Gasteiger partial charge in [-0.15, -0.1) is 0 Å². The van der Waals surface area contributed by atoms with E-state index < -0.39 is 0 Å². The first-order valence-corrected chi connectivity index (χ1v) is 5.48. The molecular formula is C13H14N2O2. The molecule has 0 spiro atoms. The molecule has 2 aromatic rings. The van der Waals surface area contributed by atoms with Gasteiger partial charge in [0.2, 0.25) is 0 Å². The van der Waals surface area contributed by atoms with Crippen molar-refractivity contribution in [1.29, 1.82) is 0 Å². The molecule has 2 rings (SSSR count). The Morgan fingerprint density at radius 2 is 2.18 bits per heavy atom. The maximum absolute atomic E-state index is 10.2. The predicted octanol–water partition coefficient (Wildman–Crippen LogP) is 2.18. The Morgan fingerprint density at radius 3 is 2.88 bits per heavy atom. The maximum Gasteiger partial charge on any atom is 0.293 e. The predicted molar refractivity (Wildman–Crippen MR) is 64.3 cm³/mol. The molecule has 1 heterocycles. The van der Waals surface area contributed by atoms with Crippen LogP contribution in [0, 0.1) is 0 Å². The lowest BCUT2D eigenvalue weighted by molar-refractivity contribution is -0.132. The molecule has 17 heavy (non-hydrogen) atoms. The first-order chi connectivity index (χ1) is 8.29. The van der Waals surface area contributed by atoms with Crippen LogP contribution in [-0.2, 0) is 16.0 Å². The molecule has 1 atom stereocenters. The molecule has 1 aromatic heterocycles. The zero-order valence-corrected chi connectivity index (χ0v) is 9.59. The minimum atomic E-state index is -0.153. The molecule has 88 valence electrons. The second-order valence-corrected chi connectivity index (χ2v) is 3.89. The molecule has 1 unspecified atom stereocenters. The first kappa shape index (κ1) is 11.4. The molecule has 0 aliphatic carbocycles. The van der Waals surface area contributed by atoms with Gasteiger partial charge in [0.25, 0.3) is 6.47 Å². The Morgan fingerprint density at radius 1 is 1.41 bits per heavy atom. The normalized spacial score (nSPS) is 12.1. The van der Waals surface area contributed by atoms with E-state index in [9.17, 15) is 4.79 Å². The van der Waals surface area contributed by atoms with Crippen molar-refractivity contribution < 1.29 is 9.53 Å². The summed E-state index contributed by atoms with van der Waals surface area (Å²) in [5.41, 5.74) is 2.95. The SMILES string of the molecule is CC(Cc1cc(-c2ccccc2)[nH]n1)OC=O. The fraction of sp³-hybridized carbons (Fsp3) is 0.231. The van der Waals surface area contributed by atoms with E-state index in [0.717, 1.165) is 17.0 Å². The van der Waals surface area contributed by atoms with Gasteiger partial charge in [0.15, 0.2) is 0 Å². The van der Waals surface area contributed by atoms with Crippen LogP contribution in [0.3, 0.4) is 0 Å². The largest absolute Gasteiger partial charge is 0.464 e. The van der Waals surface area contributed by atoms with Crippen LogP contribution in [0.2, 0.25) is 0 Å². The third kappa shape index (κ3) is 2.93. The summed E-state index contributed by atoms with van der Waals surface area (Å²) in [7, 11) is 0. The molecule has 0 aliphatic heterocycles. The van der Waals surface area contributed by atoms with Crippen LogP contribution < -0.4 is 0 Å². The van der Waals surface area contributed by atoms with Gasteiger partial charge in [0, 0.05) is 6.42 Å². The standard InChI is InChI=1S/C13H14N2O2/c1-10(17-9-16)7-12-8-13(15-14-12)11-5-3-2-4-6-11/h2-6,8-10H,7H2,1H3,(H,14,15). The number of carbonyl (C=O) groups excluding carboxylic acids is 1. The molecule has 0 aliphatic rings. The highest BCUT2D eigenvalue weighted by atomic mass is 16.5. The summed E-state index contributed by atoms with van der Waals surface area (Å²) in [6.45, 7) is 2.31. The number of hydrogen-bond donors (Lipinski definition) is 1. The molecular weight excluding hydrogens is 216 g/mol. The van der Waals surface area contributed by atoms with Crippen LogP contribution in [-0.4, -0.2) is 22.8 Å². The van der Waals surface area contributed by atoms with Crippen molar-refractivity contribution in [2.75, 3.05) is 0 Å². The van der Waals surface area contributed by atoms with Gasteiger partial charge < -0.3 is 4.74 Å². The number of rotatable bonds is 5. The number of carbonyl (C=O) groups is 1. The van der Waals surface area contributed by atoms with Crippen molar-refractivity contribution in [1.82, 2.24) is 10.2 Å². The van der Waals surface area contributed by atoms with E-state index in [4.69, 9.17) is 4.74 Å². The average Bonchev–Trinajstić information content (AvgIpc) is 2.79. The highest BCUT2D eigenvalue weighted by molar-refractivity contribution is 5.58. The number of aromatic amines is 1. The van der Waals surface area contributed by atoms with E-state index in [1.165, 1.54) is 0 Å². The molecule has 0 fully saturated rings. The summed E-state index contributed by atoms with van der Waals surface area (Å²) >= 11 is 0. The zero-order valence-electron chi connectivity index (χ0n) is 9.59. The lowest BCUT2D eigenvalue weighted by Crippen LogP contribution is -2.10. The number of aromatic nitrogens is 2. The van der Waals surface area contributed by atoms with Crippen LogP contribution in [0.1, 0.15) is 12.6 Å². The average molecular weight is 230 g/mol. The molecule has 0 saturated heterocycles. The van der Waals surface area contributed by atoms with E-state index in [1.807, 2.05) is 43.3 Å². The third-order valence-corrected chi connectivity index (χ3v) is 2.50. The summed E-state index contributed by atoms with van der Waals surface area (Å²) in [5, 5.41) is 7.17. The Kier molecular flexibility index (Phi) is 3.55. The van der Waals surface area contributed by atoms with E-state index in [1.54, 1.807) is 0 Å². The van der Waals surface area contributed by atoms with E-state index in [2.05, 4.69) is 10.2 Å². The molecule has 0 radical (unpaired) electrons. The highest BCUT2D eigenvalue weighted by Gasteiger charge is 2.08. The smallest absolute Gasteiger partial charge is 0.293 e. The monoisotopic (exact) mass is 230 g/mol. The van der Waals surface area contributed by atoms with Crippen LogP contribution in [0.5, 0.6) is 0 Å². The van der Waals surface area contributed by atoms with Crippen molar-refractivity contribution in [3.05, 3.63) is 42.1 Å². The quantitative estimate of drug-likeness (QED) is 0.801. The molecule has 1 N–H and O–H groups in total. The van der Waals surface area contributed by atoms with Gasteiger partial charge in [0.05, 0.1) is 11.4 Å². The summed E-state index contributed by atoms with van der Waals surface area (Å²) in [6, 6.07) is 11.9. The van der Waals surface area contributed by atoms with Gasteiger partial charge in [-0.2, -0.15) is 5.10 Å². The minimum absolute atomic E-state index is 0.153. The molecule has 0 amide bonds. The van der Waals surface area contributed by atoms with Crippen LogP contribution in [0.4, 0.5) is 0 Å². The maximum atomic E-state index is 10.2. The number of nitrogens with one attached hydrogen (secondary N) is 1. The Balaban J connectivity index is 2.09. The second kappa shape index (κ2) is 5.30. The molecule has 4 heteroatoms. The second-order valence-electron chi connectivity index (χ2n) is 3.89. The van der Waals surface area contributed by atoms with Crippen molar-refractivity contribution in [2.45, 2.75) is 19.4 Å². The number of hydrogen-bond acceptors (Lipinski definition) is 3. The lowest BCUT2D eigenvalue weighted by Gasteiger charge is -2.05. The Hall–Kier alpha value is -2.10. The van der Waals surface area contributed by atoms with Crippen molar-refractivity contribution >= 4 is 6.47 Å².